The van der Waals surface area contributed by atoms with Gasteiger partial charge in [-0.25, -0.2) is 19.9 Å². The fraction of sp³-hybridized carbons (Fsp3) is 0.0625. The van der Waals surface area contributed by atoms with Gasteiger partial charge in [-0.3, -0.25) is 9.59 Å². The van der Waals surface area contributed by atoms with Gasteiger partial charge in [-0.05, 0) is 108 Å². The van der Waals surface area contributed by atoms with Gasteiger partial charge in [0.15, 0.2) is 12.6 Å². The molecule has 0 aliphatic rings. The molecule has 0 aliphatic carbocycles. The molecule has 6 aromatic heterocycles. The lowest BCUT2D eigenvalue weighted by molar-refractivity contribution is 0.111. The number of thiophene rings is 2. The Kier molecular flexibility index (Phi) is 12.8. The molecule has 14 heteroatoms. The van der Waals surface area contributed by atoms with Gasteiger partial charge in [0.05, 0.1) is 20.3 Å². The lowest BCUT2D eigenvalue weighted by Gasteiger charge is -2.06. The lowest BCUT2D eigenvalue weighted by Crippen LogP contribution is -2.26. The maximum Gasteiger partial charge on any atom is 0.499 e. The molecule has 6 heterocycles. The normalized spacial score (nSPS) is 10.0. The van der Waals surface area contributed by atoms with Gasteiger partial charge in [-0.2, -0.15) is 0 Å². The van der Waals surface area contributed by atoms with Crippen LogP contribution in [0.1, 0.15) is 30.5 Å². The quantitative estimate of drug-likeness (QED) is 0.0771. The van der Waals surface area contributed by atoms with Crippen molar-refractivity contribution in [2.75, 3.05) is 10.6 Å². The van der Waals surface area contributed by atoms with Crippen LogP contribution in [0.2, 0.25) is 0 Å². The Morgan fingerprint density at radius 3 is 1.76 bits per heavy atom. The Morgan fingerprint density at radius 1 is 0.696 bits per heavy atom. The second kappa shape index (κ2) is 17.2. The second-order valence-corrected chi connectivity index (χ2v) is 12.6. The molecule has 0 aliphatic heterocycles. The standard InChI is InChI=1S/C16H13N3OS.C11H10BrN3.C5H5BO3S/c1-11-7-8-17-16(9-11)19-15-4-2-3-13(18-15)14-6-5-12(10-20)21-14;1-8-5-6-13-11(7-8)15-10-4-2-3-9(12)14-10;7-3-4-1-2-5(10-4)6(8)9/h2-10H,1H3,(H,17,18,19);2-7H,1H3,(H,13,14,15);1-3,8-9H. The fourth-order valence-electron chi connectivity index (χ4n) is 3.72. The molecule has 0 radical (unpaired) electrons. The molecule has 6 aromatic rings. The van der Waals surface area contributed by atoms with Crippen LogP contribution in [0.4, 0.5) is 23.3 Å². The molecule has 0 saturated heterocycles. The molecule has 46 heavy (non-hydrogen) atoms. The smallest absolute Gasteiger partial charge is 0.423 e. The van der Waals surface area contributed by atoms with Gasteiger partial charge in [0.25, 0.3) is 0 Å². The molecule has 0 atom stereocenters. The van der Waals surface area contributed by atoms with Crippen molar-refractivity contribution >= 4 is 86.3 Å². The molecule has 0 spiro atoms. The number of halogens is 1. The molecular formula is C32H28BBrN6O4S2. The molecule has 0 amide bonds. The number of aryl methyl sites for hydroxylation is 2. The summed E-state index contributed by atoms with van der Waals surface area (Å²) in [6.45, 7) is 4.05. The largest absolute Gasteiger partial charge is 0.499 e. The third kappa shape index (κ3) is 10.8. The number of nitrogens with one attached hydrogen (secondary N) is 2. The van der Waals surface area contributed by atoms with Crippen molar-refractivity contribution in [3.8, 4) is 10.6 Å². The monoisotopic (exact) mass is 714 g/mol. The summed E-state index contributed by atoms with van der Waals surface area (Å²) in [5, 5.41) is 23.5. The number of nitrogens with zero attached hydrogens (tertiary/aromatic N) is 4. The van der Waals surface area contributed by atoms with E-state index in [2.05, 4.69) is 46.5 Å². The Bertz CT molecular complexity index is 1860. The number of pyridine rings is 4. The minimum Gasteiger partial charge on any atom is -0.423 e. The fourth-order valence-corrected chi connectivity index (χ4v) is 5.55. The molecule has 0 unspecified atom stereocenters. The summed E-state index contributed by atoms with van der Waals surface area (Å²) in [5.74, 6) is 3.08. The van der Waals surface area contributed by atoms with Crippen molar-refractivity contribution in [1.82, 2.24) is 19.9 Å². The Labute approximate surface area is 282 Å². The zero-order valence-corrected chi connectivity index (χ0v) is 27.9. The van der Waals surface area contributed by atoms with Crippen LogP contribution >= 0.6 is 38.6 Å². The molecule has 0 fully saturated rings. The van der Waals surface area contributed by atoms with Crippen LogP contribution in [-0.2, 0) is 0 Å². The summed E-state index contributed by atoms with van der Waals surface area (Å²) >= 11 is 5.82. The first-order valence-corrected chi connectivity index (χ1v) is 16.1. The molecule has 4 N–H and O–H groups in total. The number of hydrogen-bond acceptors (Lipinski definition) is 12. The maximum atomic E-state index is 10.8. The van der Waals surface area contributed by atoms with E-state index in [1.54, 1.807) is 24.5 Å². The van der Waals surface area contributed by atoms with Crippen molar-refractivity contribution in [2.45, 2.75) is 13.8 Å². The molecule has 6 rings (SSSR count). The molecule has 0 aromatic carbocycles. The van der Waals surface area contributed by atoms with Crippen molar-refractivity contribution in [3.05, 3.63) is 123 Å². The summed E-state index contributed by atoms with van der Waals surface area (Å²) in [6, 6.07) is 26.1. The number of anilines is 4. The first kappa shape index (κ1) is 34.3. The van der Waals surface area contributed by atoms with E-state index < -0.39 is 7.12 Å². The number of carbonyl (C=O) groups excluding carboxylic acids is 2. The van der Waals surface area contributed by atoms with Crippen molar-refractivity contribution in [2.24, 2.45) is 0 Å². The van der Waals surface area contributed by atoms with Crippen LogP contribution in [-0.4, -0.2) is 49.7 Å². The van der Waals surface area contributed by atoms with E-state index in [1.807, 2.05) is 80.6 Å². The summed E-state index contributed by atoms with van der Waals surface area (Å²) in [6.07, 6.45) is 5.07. The molecule has 10 nitrogen and oxygen atoms in total. The van der Waals surface area contributed by atoms with Crippen molar-refractivity contribution in [1.29, 1.82) is 0 Å². The van der Waals surface area contributed by atoms with Crippen molar-refractivity contribution in [3.63, 3.8) is 0 Å². The summed E-state index contributed by atoms with van der Waals surface area (Å²) in [4.78, 5) is 40.3. The highest BCUT2D eigenvalue weighted by molar-refractivity contribution is 9.10. The highest BCUT2D eigenvalue weighted by Gasteiger charge is 2.12. The Morgan fingerprint density at radius 2 is 1.26 bits per heavy atom. The van der Waals surface area contributed by atoms with E-state index in [4.69, 9.17) is 10.0 Å². The SMILES string of the molecule is Cc1ccnc(Nc2cccc(-c3ccc(C=O)s3)n2)c1.Cc1ccnc(Nc2cccc(Br)n2)c1.O=Cc1ccc(B(O)O)s1. The van der Waals surface area contributed by atoms with Gasteiger partial charge >= 0.3 is 7.12 Å². The first-order valence-electron chi connectivity index (χ1n) is 13.7. The number of aldehydes is 2. The number of carbonyl (C=O) groups is 2. The van der Waals surface area contributed by atoms with E-state index >= 15 is 0 Å². The van der Waals surface area contributed by atoms with Gasteiger partial charge in [0, 0.05) is 17.2 Å². The minimum atomic E-state index is -1.46. The van der Waals surface area contributed by atoms with Crippen LogP contribution in [0.5, 0.6) is 0 Å². The Hall–Kier alpha value is -4.60. The number of hydrogen-bond donors (Lipinski definition) is 4. The van der Waals surface area contributed by atoms with E-state index in [1.165, 1.54) is 23.0 Å². The number of aromatic nitrogens is 4. The van der Waals surface area contributed by atoms with Gasteiger partial charge in [0.1, 0.15) is 27.9 Å². The van der Waals surface area contributed by atoms with E-state index in [-0.39, 0.29) is 0 Å². The van der Waals surface area contributed by atoms with E-state index in [0.717, 1.165) is 61.6 Å². The first-order chi connectivity index (χ1) is 22.2. The van der Waals surface area contributed by atoms with Crippen LogP contribution in [0.3, 0.4) is 0 Å². The molecule has 0 saturated carbocycles. The Balaban J connectivity index is 0.000000168. The van der Waals surface area contributed by atoms with Crippen LogP contribution < -0.4 is 15.4 Å². The third-order valence-electron chi connectivity index (χ3n) is 5.82. The average Bonchev–Trinajstić information content (AvgIpc) is 3.73. The molecule has 0 bridgehead atoms. The van der Waals surface area contributed by atoms with E-state index in [0.29, 0.717) is 20.8 Å². The van der Waals surface area contributed by atoms with E-state index in [9.17, 15) is 9.59 Å². The minimum absolute atomic E-state index is 0.391. The highest BCUT2D eigenvalue weighted by Crippen LogP contribution is 2.27. The highest BCUT2D eigenvalue weighted by atomic mass is 79.9. The zero-order valence-electron chi connectivity index (χ0n) is 24.7. The molecule has 232 valence electrons. The number of rotatable bonds is 8. The predicted octanol–water partition coefficient (Wildman–Crippen LogP) is 6.60. The second-order valence-electron chi connectivity index (χ2n) is 9.49. The van der Waals surface area contributed by atoms with Gasteiger partial charge in [-0.15, -0.1) is 22.7 Å². The predicted molar refractivity (Wildman–Crippen MR) is 189 cm³/mol. The van der Waals surface area contributed by atoms with Gasteiger partial charge < -0.3 is 20.7 Å². The summed E-state index contributed by atoms with van der Waals surface area (Å²) in [5.41, 5.74) is 3.14. The van der Waals surface area contributed by atoms with Crippen LogP contribution in [0, 0.1) is 13.8 Å². The topological polar surface area (TPSA) is 150 Å². The van der Waals surface area contributed by atoms with Crippen LogP contribution in [0.25, 0.3) is 10.6 Å². The maximum absolute atomic E-state index is 10.8. The lowest BCUT2D eigenvalue weighted by atomic mass is 9.90. The van der Waals surface area contributed by atoms with Gasteiger partial charge in [0.2, 0.25) is 0 Å². The van der Waals surface area contributed by atoms with Gasteiger partial charge in [-0.1, -0.05) is 18.2 Å². The third-order valence-corrected chi connectivity index (χ3v) is 8.35. The summed E-state index contributed by atoms with van der Waals surface area (Å²) < 4.78 is 1.20. The zero-order chi connectivity index (χ0) is 32.9. The summed E-state index contributed by atoms with van der Waals surface area (Å²) in [7, 11) is -1.46. The van der Waals surface area contributed by atoms with Crippen molar-refractivity contribution < 1.29 is 19.6 Å². The average molecular weight is 715 g/mol. The van der Waals surface area contributed by atoms with Crippen LogP contribution in [0.15, 0.2) is 102 Å². The molecular weight excluding hydrogens is 687 g/mol.